The van der Waals surface area contributed by atoms with Crippen molar-refractivity contribution in [1.82, 2.24) is 4.98 Å². The molecule has 0 aliphatic heterocycles. The number of aryl methyl sites for hydroxylation is 1. The average molecular weight is 461 g/mol. The van der Waals surface area contributed by atoms with Gasteiger partial charge in [-0.05, 0) is 54.4 Å². The van der Waals surface area contributed by atoms with E-state index in [4.69, 9.17) is 14.5 Å². The second-order valence-electron chi connectivity index (χ2n) is 9.57. The minimum atomic E-state index is -0.481. The van der Waals surface area contributed by atoms with Crippen LogP contribution in [0.5, 0.6) is 5.75 Å². The first-order valence-electron chi connectivity index (χ1n) is 11.8. The summed E-state index contributed by atoms with van der Waals surface area (Å²) in [6.45, 7) is 6.42. The van der Waals surface area contributed by atoms with Gasteiger partial charge in [-0.2, -0.15) is 0 Å². The van der Waals surface area contributed by atoms with Crippen LogP contribution < -0.4 is 10.1 Å². The third-order valence-electron chi connectivity index (χ3n) is 7.17. The summed E-state index contributed by atoms with van der Waals surface area (Å²) >= 11 is 0. The molecule has 1 atom stereocenters. The van der Waals surface area contributed by atoms with Gasteiger partial charge in [0.1, 0.15) is 5.75 Å². The molecule has 34 heavy (non-hydrogen) atoms. The van der Waals surface area contributed by atoms with Gasteiger partial charge in [-0.25, -0.2) is 4.79 Å². The van der Waals surface area contributed by atoms with Crippen molar-refractivity contribution < 1.29 is 19.1 Å². The van der Waals surface area contributed by atoms with Gasteiger partial charge in [-0.15, -0.1) is 0 Å². The molecular formula is C28H32N2O4. The first-order chi connectivity index (χ1) is 16.3. The van der Waals surface area contributed by atoms with Crippen LogP contribution in [0.2, 0.25) is 0 Å². The number of nitrogens with one attached hydrogen (secondary N) is 1. The van der Waals surface area contributed by atoms with Crippen LogP contribution in [0.1, 0.15) is 55.2 Å². The second-order valence-corrected chi connectivity index (χ2v) is 9.57. The molecule has 0 saturated carbocycles. The zero-order valence-corrected chi connectivity index (χ0v) is 20.3. The number of hydrogen-bond acceptors (Lipinski definition) is 5. The molecule has 0 bridgehead atoms. The predicted octanol–water partition coefficient (Wildman–Crippen LogP) is 5.58. The molecule has 1 unspecified atom stereocenters. The minimum absolute atomic E-state index is 0.168. The van der Waals surface area contributed by atoms with Crippen LogP contribution in [-0.4, -0.2) is 30.6 Å². The van der Waals surface area contributed by atoms with Crippen LogP contribution in [0.4, 0.5) is 5.69 Å². The summed E-state index contributed by atoms with van der Waals surface area (Å²) in [5, 5.41) is 3.52. The fraction of sp³-hybridized carbons (Fsp3) is 0.393. The van der Waals surface area contributed by atoms with E-state index >= 15 is 0 Å². The Kier molecular flexibility index (Phi) is 6.87. The number of hydrogen-bond donors (Lipinski definition) is 1. The molecule has 2 aromatic carbocycles. The lowest BCUT2D eigenvalue weighted by molar-refractivity contribution is -0.119. The van der Waals surface area contributed by atoms with E-state index in [0.717, 1.165) is 47.8 Å². The first-order valence-corrected chi connectivity index (χ1v) is 11.8. The van der Waals surface area contributed by atoms with E-state index in [0.29, 0.717) is 22.9 Å². The van der Waals surface area contributed by atoms with Gasteiger partial charge in [0.05, 0.1) is 18.2 Å². The van der Waals surface area contributed by atoms with E-state index < -0.39 is 11.9 Å². The Morgan fingerprint density at radius 2 is 1.94 bits per heavy atom. The molecule has 0 spiro atoms. The second kappa shape index (κ2) is 9.84. The quantitative estimate of drug-likeness (QED) is 0.466. The van der Waals surface area contributed by atoms with Gasteiger partial charge in [0, 0.05) is 22.8 Å². The number of esters is 1. The number of carbonyl (C=O) groups excluding carboxylic acids is 2. The lowest BCUT2D eigenvalue weighted by Gasteiger charge is -2.37. The van der Waals surface area contributed by atoms with Crippen LogP contribution in [0.25, 0.3) is 10.9 Å². The molecule has 0 saturated heterocycles. The summed E-state index contributed by atoms with van der Waals surface area (Å²) in [4.78, 5) is 30.7. The van der Waals surface area contributed by atoms with E-state index in [1.807, 2.05) is 24.3 Å². The van der Waals surface area contributed by atoms with Gasteiger partial charge >= 0.3 is 5.97 Å². The summed E-state index contributed by atoms with van der Waals surface area (Å²) in [7, 11) is 1.56. The summed E-state index contributed by atoms with van der Waals surface area (Å²) in [5.41, 5.74) is 4.01. The molecule has 1 heterocycles. The number of fused-ring (bicyclic) bond motifs is 2. The lowest BCUT2D eigenvalue weighted by atomic mass is 9.68. The van der Waals surface area contributed by atoms with Crippen LogP contribution in [0, 0.1) is 11.3 Å². The van der Waals surface area contributed by atoms with Crippen molar-refractivity contribution in [3.05, 3.63) is 65.4 Å². The normalized spacial score (nSPS) is 15.5. The van der Waals surface area contributed by atoms with Crippen molar-refractivity contribution in [3.63, 3.8) is 0 Å². The topological polar surface area (TPSA) is 77.5 Å². The summed E-state index contributed by atoms with van der Waals surface area (Å²) in [6.07, 6.45) is 3.74. The van der Waals surface area contributed by atoms with E-state index in [2.05, 4.69) is 26.1 Å². The number of para-hydroxylation sites is 1. The Balaban J connectivity index is 1.58. The average Bonchev–Trinajstić information content (AvgIpc) is 2.85. The number of nitrogens with zero attached hydrogens (tertiary/aromatic N) is 1. The van der Waals surface area contributed by atoms with E-state index in [-0.39, 0.29) is 12.0 Å². The highest BCUT2D eigenvalue weighted by Crippen LogP contribution is 2.41. The van der Waals surface area contributed by atoms with Crippen LogP contribution >= 0.6 is 0 Å². The Labute approximate surface area is 200 Å². The fourth-order valence-electron chi connectivity index (χ4n) is 4.68. The monoisotopic (exact) mass is 460 g/mol. The molecule has 3 aromatic rings. The highest BCUT2D eigenvalue weighted by Gasteiger charge is 2.34. The van der Waals surface area contributed by atoms with Crippen molar-refractivity contribution in [2.24, 2.45) is 11.3 Å². The van der Waals surface area contributed by atoms with Crippen molar-refractivity contribution in [1.29, 1.82) is 0 Å². The number of amides is 1. The number of ether oxygens (including phenoxy) is 2. The Bertz CT molecular complexity index is 1220. The van der Waals surface area contributed by atoms with Gasteiger partial charge < -0.3 is 14.8 Å². The molecular weight excluding hydrogens is 428 g/mol. The smallest absolute Gasteiger partial charge is 0.339 e. The van der Waals surface area contributed by atoms with Gasteiger partial charge in [0.2, 0.25) is 0 Å². The Morgan fingerprint density at radius 1 is 1.15 bits per heavy atom. The van der Waals surface area contributed by atoms with Gasteiger partial charge in [0.15, 0.2) is 6.61 Å². The molecule has 1 amide bonds. The molecule has 1 aliphatic rings. The number of benzene rings is 2. The molecule has 6 nitrogen and oxygen atoms in total. The zero-order valence-electron chi connectivity index (χ0n) is 20.3. The SMILES string of the molecule is CCC(C)(C)C1CCc2nc3ccccc3c(C(=O)OCC(=O)Nc3cccc(OC)c3)c2C1. The fourth-order valence-corrected chi connectivity index (χ4v) is 4.68. The molecule has 178 valence electrons. The molecule has 0 fully saturated rings. The van der Waals surface area contributed by atoms with E-state index in [9.17, 15) is 9.59 Å². The minimum Gasteiger partial charge on any atom is -0.497 e. The maximum absolute atomic E-state index is 13.4. The maximum Gasteiger partial charge on any atom is 0.339 e. The summed E-state index contributed by atoms with van der Waals surface area (Å²) in [6, 6.07) is 14.7. The number of anilines is 1. The highest BCUT2D eigenvalue weighted by atomic mass is 16.5. The standard InChI is InChI=1S/C28H32N2O4/c1-5-28(2,3)18-13-14-24-22(15-18)26(21-11-6-7-12-23(21)30-24)27(32)34-17-25(31)29-19-9-8-10-20(16-19)33-4/h6-12,16,18H,5,13-15,17H2,1-4H3,(H,29,31). The molecule has 1 aromatic heterocycles. The Morgan fingerprint density at radius 3 is 2.71 bits per heavy atom. The van der Waals surface area contributed by atoms with Crippen LogP contribution in [-0.2, 0) is 22.4 Å². The van der Waals surface area contributed by atoms with Crippen LogP contribution in [0.3, 0.4) is 0 Å². The third kappa shape index (κ3) is 4.91. The summed E-state index contributed by atoms with van der Waals surface area (Å²) in [5.74, 6) is 0.203. The molecule has 0 radical (unpaired) electrons. The predicted molar refractivity (Wildman–Crippen MR) is 133 cm³/mol. The van der Waals surface area contributed by atoms with E-state index in [1.54, 1.807) is 31.4 Å². The number of pyridine rings is 1. The molecule has 1 N–H and O–H groups in total. The zero-order chi connectivity index (χ0) is 24.3. The van der Waals surface area contributed by atoms with Crippen molar-refractivity contribution in [2.75, 3.05) is 19.0 Å². The van der Waals surface area contributed by atoms with Crippen molar-refractivity contribution in [2.45, 2.75) is 46.5 Å². The number of rotatable bonds is 7. The van der Waals surface area contributed by atoms with Gasteiger partial charge in [-0.3, -0.25) is 9.78 Å². The van der Waals surface area contributed by atoms with Gasteiger partial charge in [-0.1, -0.05) is 51.5 Å². The van der Waals surface area contributed by atoms with Crippen molar-refractivity contribution >= 4 is 28.5 Å². The lowest BCUT2D eigenvalue weighted by Crippen LogP contribution is -2.31. The number of aromatic nitrogens is 1. The molecule has 1 aliphatic carbocycles. The number of methoxy groups -OCH3 is 1. The largest absolute Gasteiger partial charge is 0.497 e. The third-order valence-corrected chi connectivity index (χ3v) is 7.17. The molecule has 4 rings (SSSR count). The first kappa shape index (κ1) is 23.7. The summed E-state index contributed by atoms with van der Waals surface area (Å²) < 4.78 is 10.7. The maximum atomic E-state index is 13.4. The highest BCUT2D eigenvalue weighted by molar-refractivity contribution is 6.06. The van der Waals surface area contributed by atoms with Crippen molar-refractivity contribution in [3.8, 4) is 5.75 Å². The molecule has 6 heteroatoms. The van der Waals surface area contributed by atoms with Crippen LogP contribution in [0.15, 0.2) is 48.5 Å². The number of carbonyl (C=O) groups is 2. The van der Waals surface area contributed by atoms with Gasteiger partial charge in [0.25, 0.3) is 5.91 Å². The Hall–Kier alpha value is -3.41. The van der Waals surface area contributed by atoms with E-state index in [1.165, 1.54) is 0 Å².